The van der Waals surface area contributed by atoms with E-state index in [0.717, 1.165) is 0 Å². The molecule has 1 fully saturated rings. The van der Waals surface area contributed by atoms with Gasteiger partial charge in [0.2, 0.25) is 5.89 Å². The third kappa shape index (κ3) is 4.16. The zero-order valence-electron chi connectivity index (χ0n) is 18.6. The quantitative estimate of drug-likeness (QED) is 0.518. The average Bonchev–Trinajstić information content (AvgIpc) is 2.92. The summed E-state index contributed by atoms with van der Waals surface area (Å²) in [7, 11) is -5.57. The van der Waals surface area contributed by atoms with Crippen LogP contribution in [0.15, 0.2) is 21.4 Å². The normalized spacial score (nSPS) is 21.4. The predicted octanol–water partition coefficient (Wildman–Crippen LogP) is 6.11. The molecular formula is C21H32ClNO4SSi. The Labute approximate surface area is 180 Å². The maximum Gasteiger partial charge on any atom is 0.200 e. The molecule has 8 heteroatoms. The highest BCUT2D eigenvalue weighted by Crippen LogP contribution is 2.44. The standard InChI is InChI=1S/C21H32ClNO4SSi/c1-20(2,3)19-23-16-10-9-15(22)18(17(16)26-19)28(24,25)14-11-13(12-14)27-29(7,8)21(4,5)6/h9-10,13-14H,11-12H2,1-8H3. The number of sulfone groups is 1. The van der Waals surface area contributed by atoms with Crippen molar-refractivity contribution in [3.63, 3.8) is 0 Å². The molecule has 0 bridgehead atoms. The van der Waals surface area contributed by atoms with Crippen molar-refractivity contribution in [3.8, 4) is 0 Å². The third-order valence-electron chi connectivity index (χ3n) is 6.15. The molecule has 1 aromatic heterocycles. The molecule has 1 heterocycles. The Bertz CT molecular complexity index is 1030. The van der Waals surface area contributed by atoms with E-state index in [2.05, 4.69) is 38.8 Å². The fourth-order valence-corrected chi connectivity index (χ4v) is 7.02. The van der Waals surface area contributed by atoms with E-state index in [1.54, 1.807) is 12.1 Å². The lowest BCUT2D eigenvalue weighted by Gasteiger charge is -2.44. The van der Waals surface area contributed by atoms with Crippen molar-refractivity contribution in [2.45, 2.75) is 94.2 Å². The second-order valence-electron chi connectivity index (χ2n) is 10.6. The van der Waals surface area contributed by atoms with Gasteiger partial charge in [0, 0.05) is 11.5 Å². The number of fused-ring (bicyclic) bond motifs is 1. The average molecular weight is 458 g/mol. The number of hydrogen-bond acceptors (Lipinski definition) is 5. The van der Waals surface area contributed by atoms with Crippen LogP contribution >= 0.6 is 11.6 Å². The van der Waals surface area contributed by atoms with Crippen molar-refractivity contribution in [3.05, 3.63) is 23.0 Å². The summed E-state index contributed by atoms with van der Waals surface area (Å²) in [5, 5.41) is -0.235. The van der Waals surface area contributed by atoms with Crippen LogP contribution < -0.4 is 0 Å². The Morgan fingerprint density at radius 2 is 1.72 bits per heavy atom. The lowest BCUT2D eigenvalue weighted by molar-refractivity contribution is 0.107. The van der Waals surface area contributed by atoms with E-state index < -0.39 is 23.4 Å². The van der Waals surface area contributed by atoms with E-state index >= 15 is 0 Å². The van der Waals surface area contributed by atoms with Crippen LogP contribution in [0, 0.1) is 0 Å². The lowest BCUT2D eigenvalue weighted by atomic mass is 9.96. The smallest absolute Gasteiger partial charge is 0.200 e. The summed E-state index contributed by atoms with van der Waals surface area (Å²) in [6.45, 7) is 16.9. The Balaban J connectivity index is 1.89. The first kappa shape index (κ1) is 22.8. The fraction of sp³-hybridized carbons (Fsp3) is 0.667. The molecule has 1 aliphatic carbocycles. The molecule has 2 aromatic rings. The molecule has 0 saturated heterocycles. The van der Waals surface area contributed by atoms with E-state index in [1.807, 2.05) is 20.8 Å². The number of oxazole rings is 1. The van der Waals surface area contributed by atoms with Crippen molar-refractivity contribution >= 4 is 40.9 Å². The number of benzene rings is 1. The van der Waals surface area contributed by atoms with Gasteiger partial charge in [-0.1, -0.05) is 53.1 Å². The molecule has 0 N–H and O–H groups in total. The molecule has 0 atom stereocenters. The molecule has 0 aliphatic heterocycles. The summed E-state index contributed by atoms with van der Waals surface area (Å²) in [4.78, 5) is 4.55. The first-order valence-electron chi connectivity index (χ1n) is 10.1. The summed E-state index contributed by atoms with van der Waals surface area (Å²) in [5.41, 5.74) is 0.452. The summed E-state index contributed by atoms with van der Waals surface area (Å²) in [5.74, 6) is 0.499. The third-order valence-corrected chi connectivity index (χ3v) is 13.3. The van der Waals surface area contributed by atoms with E-state index in [4.69, 9.17) is 20.4 Å². The summed E-state index contributed by atoms with van der Waals surface area (Å²) in [6.07, 6.45) is 0.956. The van der Waals surface area contributed by atoms with Gasteiger partial charge in [-0.2, -0.15) is 0 Å². The summed E-state index contributed by atoms with van der Waals surface area (Å²) < 4.78 is 39.1. The largest absolute Gasteiger partial charge is 0.439 e. The van der Waals surface area contributed by atoms with Crippen LogP contribution in [0.2, 0.25) is 23.2 Å². The Hall–Kier alpha value is -0.893. The zero-order chi connectivity index (χ0) is 22.0. The molecule has 29 heavy (non-hydrogen) atoms. The molecule has 1 aromatic carbocycles. The number of hydrogen-bond donors (Lipinski definition) is 0. The van der Waals surface area contributed by atoms with Gasteiger partial charge in [-0.25, -0.2) is 13.4 Å². The van der Waals surface area contributed by atoms with Gasteiger partial charge in [0.05, 0.1) is 10.3 Å². The van der Waals surface area contributed by atoms with E-state index in [9.17, 15) is 8.42 Å². The molecule has 0 spiro atoms. The molecule has 3 rings (SSSR count). The minimum absolute atomic E-state index is 0.0199. The second kappa shape index (κ2) is 7.07. The summed E-state index contributed by atoms with van der Waals surface area (Å²) in [6, 6.07) is 3.30. The number of aromatic nitrogens is 1. The van der Waals surface area contributed by atoms with Gasteiger partial charge in [0.1, 0.15) is 10.4 Å². The second-order valence-corrected chi connectivity index (χ2v) is 18.0. The Morgan fingerprint density at radius 3 is 2.24 bits per heavy atom. The maximum atomic E-state index is 13.4. The molecule has 1 aliphatic rings. The lowest BCUT2D eigenvalue weighted by Crippen LogP contribution is -2.50. The van der Waals surface area contributed by atoms with E-state index in [0.29, 0.717) is 24.2 Å². The first-order chi connectivity index (χ1) is 13.0. The predicted molar refractivity (Wildman–Crippen MR) is 120 cm³/mol. The minimum Gasteiger partial charge on any atom is -0.439 e. The maximum absolute atomic E-state index is 13.4. The van der Waals surface area contributed by atoms with Crippen LogP contribution in [0.25, 0.3) is 11.1 Å². The van der Waals surface area contributed by atoms with Gasteiger partial charge in [0.25, 0.3) is 0 Å². The molecule has 0 amide bonds. The molecule has 5 nitrogen and oxygen atoms in total. The van der Waals surface area contributed by atoms with Gasteiger partial charge < -0.3 is 8.84 Å². The van der Waals surface area contributed by atoms with E-state index in [1.165, 1.54) is 0 Å². The molecule has 0 unspecified atom stereocenters. The van der Waals surface area contributed by atoms with Gasteiger partial charge >= 0.3 is 0 Å². The van der Waals surface area contributed by atoms with Gasteiger partial charge in [0.15, 0.2) is 23.7 Å². The molecule has 162 valence electrons. The van der Waals surface area contributed by atoms with Crippen molar-refractivity contribution in [2.24, 2.45) is 0 Å². The van der Waals surface area contributed by atoms with Gasteiger partial charge in [-0.05, 0) is 43.1 Å². The van der Waals surface area contributed by atoms with Crippen LogP contribution in [0.5, 0.6) is 0 Å². The van der Waals surface area contributed by atoms with Crippen LogP contribution in [0.1, 0.15) is 60.3 Å². The minimum atomic E-state index is -3.65. The SMILES string of the molecule is CC(C)(C)c1nc2ccc(Cl)c(S(=O)(=O)C3CC(O[Si](C)(C)C(C)(C)C)C3)c2o1. The van der Waals surface area contributed by atoms with Crippen molar-refractivity contribution in [1.82, 2.24) is 4.98 Å². The number of halogens is 1. The number of nitrogens with zero attached hydrogens (tertiary/aromatic N) is 1. The molecule has 1 saturated carbocycles. The van der Waals surface area contributed by atoms with Crippen LogP contribution in [0.4, 0.5) is 0 Å². The van der Waals surface area contributed by atoms with Crippen molar-refractivity contribution in [1.29, 1.82) is 0 Å². The van der Waals surface area contributed by atoms with E-state index in [-0.39, 0.29) is 32.1 Å². The number of rotatable bonds is 4. The van der Waals surface area contributed by atoms with Crippen LogP contribution in [-0.4, -0.2) is 33.1 Å². The Kier molecular flexibility index (Phi) is 5.56. The van der Waals surface area contributed by atoms with Gasteiger partial charge in [-0.15, -0.1) is 0 Å². The summed E-state index contributed by atoms with van der Waals surface area (Å²) >= 11 is 6.35. The van der Waals surface area contributed by atoms with Gasteiger partial charge in [-0.3, -0.25) is 0 Å². The molecular weight excluding hydrogens is 426 g/mol. The zero-order valence-corrected chi connectivity index (χ0v) is 21.2. The monoisotopic (exact) mass is 457 g/mol. The highest BCUT2D eigenvalue weighted by molar-refractivity contribution is 7.92. The van der Waals surface area contributed by atoms with Crippen LogP contribution in [-0.2, 0) is 19.7 Å². The fourth-order valence-electron chi connectivity index (χ4n) is 3.16. The van der Waals surface area contributed by atoms with Crippen molar-refractivity contribution < 1.29 is 17.3 Å². The Morgan fingerprint density at radius 1 is 1.14 bits per heavy atom. The highest BCUT2D eigenvalue weighted by atomic mass is 35.5. The van der Waals surface area contributed by atoms with Crippen molar-refractivity contribution in [2.75, 3.05) is 0 Å². The van der Waals surface area contributed by atoms with Crippen LogP contribution in [0.3, 0.4) is 0 Å². The molecule has 0 radical (unpaired) electrons. The topological polar surface area (TPSA) is 69.4 Å². The first-order valence-corrected chi connectivity index (χ1v) is 14.9. The highest BCUT2D eigenvalue weighted by Gasteiger charge is 2.47.